The van der Waals surface area contributed by atoms with Gasteiger partial charge in [-0.25, -0.2) is 0 Å². The van der Waals surface area contributed by atoms with E-state index in [1.165, 1.54) is 0 Å². The van der Waals surface area contributed by atoms with Crippen molar-refractivity contribution in [2.75, 3.05) is 0 Å². The quantitative estimate of drug-likeness (QED) is 0.199. The molecule has 0 saturated carbocycles. The number of ketones is 1. The lowest BCUT2D eigenvalue weighted by Gasteiger charge is -2.40. The van der Waals surface area contributed by atoms with E-state index in [2.05, 4.69) is 0 Å². The lowest BCUT2D eigenvalue weighted by molar-refractivity contribution is -0.138. The molecule has 0 saturated heterocycles. The van der Waals surface area contributed by atoms with Gasteiger partial charge in [-0.05, 0) is 59.7 Å². The van der Waals surface area contributed by atoms with E-state index in [0.29, 0.717) is 21.5 Å². The van der Waals surface area contributed by atoms with Crippen LogP contribution in [0.15, 0.2) is 109 Å². The molecule has 0 aliphatic carbocycles. The van der Waals surface area contributed by atoms with Crippen molar-refractivity contribution in [1.82, 2.24) is 0 Å². The molecule has 0 aromatic heterocycles. The molecule has 196 valence electrons. The number of hydrogen-bond acceptors (Lipinski definition) is 3. The Morgan fingerprint density at radius 1 is 0.579 bits per heavy atom. The molecule has 4 rings (SSSR count). The van der Waals surface area contributed by atoms with Crippen LogP contribution in [0.25, 0.3) is 0 Å². The first-order valence-corrected chi connectivity index (χ1v) is 13.3. The summed E-state index contributed by atoms with van der Waals surface area (Å²) in [6.07, 6.45) is -1.79. The maximum atomic E-state index is 14.7. The van der Waals surface area contributed by atoms with E-state index < -0.39 is 23.0 Å². The molecule has 4 aromatic carbocycles. The van der Waals surface area contributed by atoms with E-state index in [1.54, 1.807) is 0 Å². The number of carbonyl (C=O) groups excluding carboxylic acids is 1. The second-order valence-corrected chi connectivity index (χ2v) is 11.4. The van der Waals surface area contributed by atoms with Gasteiger partial charge in [0, 0.05) is 20.9 Å². The van der Waals surface area contributed by atoms with Crippen molar-refractivity contribution in [3.8, 4) is 11.5 Å². The number of hydrogen-bond donors (Lipinski definition) is 0. The highest BCUT2D eigenvalue weighted by Gasteiger charge is 2.48. The third-order valence-electron chi connectivity index (χ3n) is 6.96. The van der Waals surface area contributed by atoms with Gasteiger partial charge in [0.2, 0.25) is 5.78 Å². The van der Waals surface area contributed by atoms with E-state index in [1.807, 2.05) is 137 Å². The van der Waals surface area contributed by atoms with Crippen molar-refractivity contribution >= 4 is 29.0 Å². The van der Waals surface area contributed by atoms with Crippen molar-refractivity contribution in [3.05, 3.63) is 130 Å². The second-order valence-electron chi connectivity index (χ2n) is 10.5. The first kappa shape index (κ1) is 27.8. The zero-order valence-electron chi connectivity index (χ0n) is 22.0. The normalized spacial score (nSPS) is 13.4. The molecule has 0 aliphatic heterocycles. The fourth-order valence-corrected chi connectivity index (χ4v) is 4.99. The van der Waals surface area contributed by atoms with Gasteiger partial charge in [-0.3, -0.25) is 4.79 Å². The minimum absolute atomic E-state index is 0.187. The number of rotatable bonds is 10. The highest BCUT2D eigenvalue weighted by Crippen LogP contribution is 2.38. The van der Waals surface area contributed by atoms with Crippen LogP contribution in [0.4, 0.5) is 0 Å². The lowest BCUT2D eigenvalue weighted by atomic mass is 9.71. The summed E-state index contributed by atoms with van der Waals surface area (Å²) in [7, 11) is 0. The highest BCUT2D eigenvalue weighted by molar-refractivity contribution is 6.30. The average Bonchev–Trinajstić information content (AvgIpc) is 2.91. The molecular formula is C33H32Cl2O3. The summed E-state index contributed by atoms with van der Waals surface area (Å²) in [5.74, 6) is 1.01. The van der Waals surface area contributed by atoms with Crippen LogP contribution < -0.4 is 9.47 Å². The number of halogens is 2. The molecule has 2 unspecified atom stereocenters. The third-order valence-corrected chi connectivity index (χ3v) is 7.43. The van der Waals surface area contributed by atoms with Crippen molar-refractivity contribution in [2.24, 2.45) is 0 Å². The maximum absolute atomic E-state index is 14.7. The topological polar surface area (TPSA) is 35.5 Å². The van der Waals surface area contributed by atoms with Crippen molar-refractivity contribution in [3.63, 3.8) is 0 Å². The summed E-state index contributed by atoms with van der Waals surface area (Å²) in [5.41, 5.74) is 0.276. The molecule has 0 amide bonds. The van der Waals surface area contributed by atoms with Gasteiger partial charge in [-0.2, -0.15) is 0 Å². The average molecular weight is 548 g/mol. The van der Waals surface area contributed by atoms with Crippen LogP contribution in [-0.2, 0) is 15.6 Å². The summed E-state index contributed by atoms with van der Waals surface area (Å²) >= 11 is 12.7. The standard InChI is InChI=1S/C33H32Cl2O3/c1-32(2,23-13-11-15-25(34)21-23)30(37-27-17-7-5-8-18-27)29(36)31(38-28-19-9-6-10-20-28)33(3,4)24-14-12-16-26(35)22-24/h5-22,30-31H,1-4H3. The van der Waals surface area contributed by atoms with E-state index in [9.17, 15) is 4.79 Å². The number of para-hydroxylation sites is 2. The molecular weight excluding hydrogens is 515 g/mol. The molecule has 0 fully saturated rings. The van der Waals surface area contributed by atoms with Gasteiger partial charge in [-0.1, -0.05) is 112 Å². The SMILES string of the molecule is CC(C)(c1cccc(Cl)c1)C(Oc1ccccc1)C(=O)C(Oc1ccccc1)C(C)(C)c1cccc(Cl)c1. The Labute approximate surface area is 235 Å². The van der Waals surface area contributed by atoms with Gasteiger partial charge in [0.15, 0.2) is 12.2 Å². The molecule has 38 heavy (non-hydrogen) atoms. The van der Waals surface area contributed by atoms with Gasteiger partial charge in [-0.15, -0.1) is 0 Å². The summed E-state index contributed by atoms with van der Waals surface area (Å²) in [4.78, 5) is 14.7. The van der Waals surface area contributed by atoms with Crippen molar-refractivity contribution < 1.29 is 14.3 Å². The van der Waals surface area contributed by atoms with E-state index in [-0.39, 0.29) is 5.78 Å². The molecule has 0 bridgehead atoms. The molecule has 2 atom stereocenters. The van der Waals surface area contributed by atoms with Crippen LogP contribution in [0.3, 0.4) is 0 Å². The highest BCUT2D eigenvalue weighted by atomic mass is 35.5. The van der Waals surface area contributed by atoms with Crippen molar-refractivity contribution in [1.29, 1.82) is 0 Å². The molecule has 5 heteroatoms. The van der Waals surface area contributed by atoms with Crippen LogP contribution in [0.2, 0.25) is 10.0 Å². The molecule has 0 spiro atoms. The molecule has 0 aliphatic rings. The monoisotopic (exact) mass is 546 g/mol. The van der Waals surface area contributed by atoms with Gasteiger partial charge < -0.3 is 9.47 Å². The Morgan fingerprint density at radius 3 is 1.29 bits per heavy atom. The third kappa shape index (κ3) is 6.23. The predicted molar refractivity (Wildman–Crippen MR) is 156 cm³/mol. The largest absolute Gasteiger partial charge is 0.482 e. The maximum Gasteiger partial charge on any atom is 0.215 e. The van der Waals surface area contributed by atoms with Crippen molar-refractivity contribution in [2.45, 2.75) is 50.7 Å². The van der Waals surface area contributed by atoms with Crippen LogP contribution in [0.1, 0.15) is 38.8 Å². The van der Waals surface area contributed by atoms with E-state index >= 15 is 0 Å². The Balaban J connectivity index is 1.84. The van der Waals surface area contributed by atoms with Gasteiger partial charge in [0.1, 0.15) is 11.5 Å². The smallest absolute Gasteiger partial charge is 0.215 e. The van der Waals surface area contributed by atoms with Crippen LogP contribution in [0, 0.1) is 0 Å². The Hall–Kier alpha value is -3.27. The second kappa shape index (κ2) is 11.6. The fraction of sp³-hybridized carbons (Fsp3) is 0.242. The first-order valence-electron chi connectivity index (χ1n) is 12.6. The minimum atomic E-state index is -0.893. The molecule has 0 heterocycles. The fourth-order valence-electron chi connectivity index (χ4n) is 4.61. The predicted octanol–water partition coefficient (Wildman–Crippen LogP) is 8.71. The Bertz CT molecular complexity index is 1260. The number of ether oxygens (including phenoxy) is 2. The summed E-state index contributed by atoms with van der Waals surface area (Å²) in [6, 6.07) is 33.9. The zero-order valence-corrected chi connectivity index (χ0v) is 23.5. The summed E-state index contributed by atoms with van der Waals surface area (Å²) in [6.45, 7) is 7.98. The van der Waals surface area contributed by atoms with E-state index in [0.717, 1.165) is 11.1 Å². The molecule has 3 nitrogen and oxygen atoms in total. The molecule has 0 N–H and O–H groups in total. The number of carbonyl (C=O) groups is 1. The van der Waals surface area contributed by atoms with Gasteiger partial charge in [0.05, 0.1) is 0 Å². The zero-order chi connectivity index (χ0) is 27.3. The summed E-state index contributed by atoms with van der Waals surface area (Å²) in [5, 5.41) is 1.19. The number of Topliss-reactive ketones (excluding diaryl/α,β-unsaturated/α-hetero) is 1. The van der Waals surface area contributed by atoms with Gasteiger partial charge >= 0.3 is 0 Å². The molecule has 4 aromatic rings. The lowest BCUT2D eigenvalue weighted by Crippen LogP contribution is -2.55. The van der Waals surface area contributed by atoms with Crippen LogP contribution in [0.5, 0.6) is 11.5 Å². The van der Waals surface area contributed by atoms with Crippen LogP contribution in [-0.4, -0.2) is 18.0 Å². The Kier molecular flexibility index (Phi) is 8.50. The van der Waals surface area contributed by atoms with E-state index in [4.69, 9.17) is 32.7 Å². The van der Waals surface area contributed by atoms with Crippen LogP contribution >= 0.6 is 23.2 Å². The number of benzene rings is 4. The summed E-state index contributed by atoms with van der Waals surface area (Å²) < 4.78 is 13.0. The molecule has 0 radical (unpaired) electrons. The Morgan fingerprint density at radius 2 is 0.947 bits per heavy atom. The first-order chi connectivity index (χ1) is 18.1. The van der Waals surface area contributed by atoms with Gasteiger partial charge in [0.25, 0.3) is 0 Å². The minimum Gasteiger partial charge on any atom is -0.482 e.